The van der Waals surface area contributed by atoms with Crippen LogP contribution >= 0.6 is 0 Å². The van der Waals surface area contributed by atoms with Crippen LogP contribution in [0, 0.1) is 5.82 Å². The number of carbonyl (C=O) groups excluding carboxylic acids is 2. The van der Waals surface area contributed by atoms with Crippen LogP contribution in [0.15, 0.2) is 42.5 Å². The molecule has 1 aliphatic heterocycles. The van der Waals surface area contributed by atoms with E-state index in [0.29, 0.717) is 22.7 Å². The highest BCUT2D eigenvalue weighted by molar-refractivity contribution is 5.96. The summed E-state index contributed by atoms with van der Waals surface area (Å²) in [5, 5.41) is 5.43. The number of urea groups is 1. The zero-order valence-electron chi connectivity index (χ0n) is 13.9. The van der Waals surface area contributed by atoms with Crippen molar-refractivity contribution in [1.82, 2.24) is 4.90 Å². The van der Waals surface area contributed by atoms with Gasteiger partial charge in [0.25, 0.3) is 5.91 Å². The molecule has 0 saturated heterocycles. The lowest BCUT2D eigenvalue weighted by atomic mass is 10.1. The number of hydrogen-bond donors (Lipinski definition) is 2. The van der Waals surface area contributed by atoms with E-state index in [2.05, 4.69) is 10.6 Å². The Morgan fingerprint density at radius 3 is 2.84 bits per heavy atom. The van der Waals surface area contributed by atoms with Crippen LogP contribution in [0.3, 0.4) is 0 Å². The van der Waals surface area contributed by atoms with Crippen molar-refractivity contribution in [3.8, 4) is 5.75 Å². The molecule has 3 amide bonds. The Kier molecular flexibility index (Phi) is 4.56. The average molecular weight is 343 g/mol. The first-order valence-corrected chi connectivity index (χ1v) is 7.80. The number of amides is 3. The Labute approximate surface area is 144 Å². The van der Waals surface area contributed by atoms with Crippen LogP contribution < -0.4 is 15.4 Å². The fourth-order valence-corrected chi connectivity index (χ4v) is 2.56. The second-order valence-electron chi connectivity index (χ2n) is 5.79. The summed E-state index contributed by atoms with van der Waals surface area (Å²) in [6.45, 7) is 1.69. The van der Waals surface area contributed by atoms with Crippen molar-refractivity contribution in [2.24, 2.45) is 0 Å². The van der Waals surface area contributed by atoms with Crippen molar-refractivity contribution in [2.45, 2.75) is 13.0 Å². The van der Waals surface area contributed by atoms with Gasteiger partial charge in [-0.15, -0.1) is 0 Å². The van der Waals surface area contributed by atoms with Gasteiger partial charge in [-0.25, -0.2) is 9.18 Å². The Morgan fingerprint density at radius 2 is 2.08 bits per heavy atom. The molecule has 0 spiro atoms. The summed E-state index contributed by atoms with van der Waals surface area (Å²) in [7, 11) is 1.60. The van der Waals surface area contributed by atoms with Gasteiger partial charge in [0.15, 0.2) is 6.61 Å². The molecule has 0 aliphatic carbocycles. The summed E-state index contributed by atoms with van der Waals surface area (Å²) < 4.78 is 19.2. The van der Waals surface area contributed by atoms with Gasteiger partial charge < -0.3 is 20.3 Å². The highest BCUT2D eigenvalue weighted by atomic mass is 19.1. The van der Waals surface area contributed by atoms with Crippen LogP contribution in [0.25, 0.3) is 0 Å². The molecule has 130 valence electrons. The minimum atomic E-state index is -0.436. The third kappa shape index (κ3) is 3.55. The molecular formula is C18H18FN3O3. The van der Waals surface area contributed by atoms with Crippen LogP contribution in [0.2, 0.25) is 0 Å². The highest BCUT2D eigenvalue weighted by Gasteiger charge is 2.21. The molecule has 0 fully saturated rings. The maximum Gasteiger partial charge on any atom is 0.322 e. The summed E-state index contributed by atoms with van der Waals surface area (Å²) >= 11 is 0. The predicted molar refractivity (Wildman–Crippen MR) is 92.2 cm³/mol. The predicted octanol–water partition coefficient (Wildman–Crippen LogP) is 3.38. The molecule has 0 bridgehead atoms. The number of carbonyl (C=O) groups is 2. The molecule has 7 heteroatoms. The molecular weight excluding hydrogens is 325 g/mol. The Bertz CT molecular complexity index is 825. The first kappa shape index (κ1) is 16.8. The van der Waals surface area contributed by atoms with Gasteiger partial charge >= 0.3 is 6.03 Å². The third-order valence-electron chi connectivity index (χ3n) is 4.12. The Balaban J connectivity index is 1.71. The van der Waals surface area contributed by atoms with E-state index in [0.717, 1.165) is 0 Å². The van der Waals surface area contributed by atoms with Crippen molar-refractivity contribution in [1.29, 1.82) is 0 Å². The first-order chi connectivity index (χ1) is 12.0. The number of halogens is 1. The average Bonchev–Trinajstić information content (AvgIpc) is 2.61. The summed E-state index contributed by atoms with van der Waals surface area (Å²) in [6.07, 6.45) is 0. The molecule has 2 N–H and O–H groups in total. The second-order valence-corrected chi connectivity index (χ2v) is 5.79. The molecule has 1 atom stereocenters. The van der Waals surface area contributed by atoms with Crippen LogP contribution in [0.4, 0.5) is 20.6 Å². The van der Waals surface area contributed by atoms with Crippen molar-refractivity contribution in [3.05, 3.63) is 53.8 Å². The normalized spacial score (nSPS) is 14.0. The molecule has 25 heavy (non-hydrogen) atoms. The summed E-state index contributed by atoms with van der Waals surface area (Å²) in [4.78, 5) is 25.1. The number of ether oxygens (including phenoxy) is 1. The van der Waals surface area contributed by atoms with Crippen molar-refractivity contribution < 1.29 is 18.7 Å². The molecule has 2 aromatic rings. The molecule has 6 nitrogen and oxygen atoms in total. The van der Waals surface area contributed by atoms with Gasteiger partial charge in [0, 0.05) is 24.4 Å². The number of fused-ring (bicyclic) bond motifs is 1. The van der Waals surface area contributed by atoms with Crippen molar-refractivity contribution in [2.75, 3.05) is 24.3 Å². The standard InChI is InChI=1S/C18H18FN3O3/c1-11(13-5-3-4-6-14(13)19)22(2)18(24)20-12-7-8-15-16(9-12)25-10-17(23)21-15/h3-9,11H,10H2,1-2H3,(H,20,24)(H,21,23). The van der Waals surface area contributed by atoms with E-state index in [1.807, 2.05) is 0 Å². The van der Waals surface area contributed by atoms with Gasteiger partial charge in [-0.3, -0.25) is 4.79 Å². The zero-order chi connectivity index (χ0) is 18.0. The number of nitrogens with one attached hydrogen (secondary N) is 2. The fourth-order valence-electron chi connectivity index (χ4n) is 2.56. The van der Waals surface area contributed by atoms with Gasteiger partial charge in [-0.05, 0) is 25.1 Å². The van der Waals surface area contributed by atoms with Gasteiger partial charge in [-0.2, -0.15) is 0 Å². The molecule has 1 unspecified atom stereocenters. The quantitative estimate of drug-likeness (QED) is 0.897. The SMILES string of the molecule is CC(c1ccccc1F)N(C)C(=O)Nc1ccc2c(c1)OCC(=O)N2. The molecule has 1 aliphatic rings. The van der Waals surface area contributed by atoms with E-state index in [9.17, 15) is 14.0 Å². The fraction of sp³-hybridized carbons (Fsp3) is 0.222. The second kappa shape index (κ2) is 6.80. The van der Waals surface area contributed by atoms with Crippen LogP contribution in [0.5, 0.6) is 5.75 Å². The molecule has 1 heterocycles. The summed E-state index contributed by atoms with van der Waals surface area (Å²) in [6, 6.07) is 10.5. The molecule has 0 aromatic heterocycles. The van der Waals surface area contributed by atoms with E-state index in [-0.39, 0.29) is 24.4 Å². The number of rotatable bonds is 3. The Hall–Kier alpha value is -3.09. The summed E-state index contributed by atoms with van der Waals surface area (Å²) in [5.74, 6) is -0.0856. The number of anilines is 2. The minimum Gasteiger partial charge on any atom is -0.482 e. The third-order valence-corrected chi connectivity index (χ3v) is 4.12. The smallest absolute Gasteiger partial charge is 0.322 e. The van der Waals surface area contributed by atoms with E-state index >= 15 is 0 Å². The van der Waals surface area contributed by atoms with Crippen molar-refractivity contribution >= 4 is 23.3 Å². The topological polar surface area (TPSA) is 70.7 Å². The molecule has 3 rings (SSSR count). The molecule has 0 saturated carbocycles. The maximum absolute atomic E-state index is 13.9. The summed E-state index contributed by atoms with van der Waals surface area (Å²) in [5.41, 5.74) is 1.52. The molecule has 0 radical (unpaired) electrons. The minimum absolute atomic E-state index is 0.0609. The van der Waals surface area contributed by atoms with E-state index in [1.165, 1.54) is 11.0 Å². The molecule has 2 aromatic carbocycles. The number of benzene rings is 2. The lowest BCUT2D eigenvalue weighted by Gasteiger charge is -2.26. The Morgan fingerprint density at radius 1 is 1.32 bits per heavy atom. The van der Waals surface area contributed by atoms with Crippen LogP contribution in [-0.2, 0) is 4.79 Å². The van der Waals surface area contributed by atoms with Gasteiger partial charge in [0.2, 0.25) is 0 Å². The zero-order valence-corrected chi connectivity index (χ0v) is 13.9. The van der Waals surface area contributed by atoms with E-state index < -0.39 is 6.04 Å². The van der Waals surface area contributed by atoms with Gasteiger partial charge in [0.05, 0.1) is 11.7 Å². The highest BCUT2D eigenvalue weighted by Crippen LogP contribution is 2.31. The maximum atomic E-state index is 13.9. The largest absolute Gasteiger partial charge is 0.482 e. The van der Waals surface area contributed by atoms with E-state index in [1.54, 1.807) is 50.4 Å². The first-order valence-electron chi connectivity index (χ1n) is 7.80. The van der Waals surface area contributed by atoms with Crippen LogP contribution in [0.1, 0.15) is 18.5 Å². The van der Waals surface area contributed by atoms with Gasteiger partial charge in [0.1, 0.15) is 11.6 Å². The lowest BCUT2D eigenvalue weighted by Crippen LogP contribution is -2.34. The van der Waals surface area contributed by atoms with Crippen molar-refractivity contribution in [3.63, 3.8) is 0 Å². The van der Waals surface area contributed by atoms with Crippen LogP contribution in [-0.4, -0.2) is 30.5 Å². The lowest BCUT2D eigenvalue weighted by molar-refractivity contribution is -0.118. The number of hydrogen-bond acceptors (Lipinski definition) is 3. The number of nitrogens with zero attached hydrogens (tertiary/aromatic N) is 1. The van der Waals surface area contributed by atoms with E-state index in [4.69, 9.17) is 4.74 Å². The monoisotopic (exact) mass is 343 g/mol. The van der Waals surface area contributed by atoms with Gasteiger partial charge in [-0.1, -0.05) is 18.2 Å².